The Morgan fingerprint density at radius 2 is 2.25 bits per heavy atom. The largest absolute Gasteiger partial charge is 0.388 e. The first-order valence-corrected chi connectivity index (χ1v) is 9.19. The fourth-order valence-electron chi connectivity index (χ4n) is 3.23. The molecule has 24 heavy (non-hydrogen) atoms. The number of carbonyl (C=O) groups excluding carboxylic acids is 1. The Bertz CT molecular complexity index is 674. The van der Waals surface area contributed by atoms with E-state index in [1.807, 2.05) is 35.7 Å². The maximum absolute atomic E-state index is 11.1. The number of hydrogen-bond donors (Lipinski definition) is 2. The van der Waals surface area contributed by atoms with Gasteiger partial charge in [0.1, 0.15) is 0 Å². The number of aromatic nitrogens is 1. The summed E-state index contributed by atoms with van der Waals surface area (Å²) in [6, 6.07) is 10.2. The molecule has 1 fully saturated rings. The van der Waals surface area contributed by atoms with Gasteiger partial charge in [0.2, 0.25) is 5.91 Å². The number of nitrogens with one attached hydrogen (secondary N) is 1. The van der Waals surface area contributed by atoms with E-state index in [4.69, 9.17) is 0 Å². The summed E-state index contributed by atoms with van der Waals surface area (Å²) in [4.78, 5) is 17.9. The van der Waals surface area contributed by atoms with Gasteiger partial charge in [-0.05, 0) is 31.4 Å². The quantitative estimate of drug-likeness (QED) is 0.844. The zero-order chi connectivity index (χ0) is 16.9. The van der Waals surface area contributed by atoms with Crippen LogP contribution in [0.2, 0.25) is 0 Å². The van der Waals surface area contributed by atoms with Crippen LogP contribution >= 0.6 is 11.3 Å². The molecule has 2 N–H and O–H groups in total. The van der Waals surface area contributed by atoms with Gasteiger partial charge in [-0.25, -0.2) is 4.98 Å². The molecule has 1 aliphatic rings. The van der Waals surface area contributed by atoms with Crippen LogP contribution in [0.3, 0.4) is 0 Å². The van der Waals surface area contributed by atoms with Crippen LogP contribution in [0.25, 0.3) is 0 Å². The third-order valence-electron chi connectivity index (χ3n) is 4.38. The van der Waals surface area contributed by atoms with Crippen LogP contribution in [0.4, 0.5) is 5.13 Å². The van der Waals surface area contributed by atoms with Crippen molar-refractivity contribution < 1.29 is 9.90 Å². The van der Waals surface area contributed by atoms with Gasteiger partial charge in [0.15, 0.2) is 5.13 Å². The molecule has 1 aromatic heterocycles. The molecule has 0 saturated carbocycles. The minimum absolute atomic E-state index is 0.0964. The molecular weight excluding hydrogens is 322 g/mol. The highest BCUT2D eigenvalue weighted by atomic mass is 32.1. The van der Waals surface area contributed by atoms with E-state index < -0.39 is 6.10 Å². The Morgan fingerprint density at radius 3 is 3.00 bits per heavy atom. The molecule has 2 atom stereocenters. The first-order chi connectivity index (χ1) is 11.6. The maximum atomic E-state index is 11.1. The summed E-state index contributed by atoms with van der Waals surface area (Å²) in [5, 5.41) is 15.9. The summed E-state index contributed by atoms with van der Waals surface area (Å²) in [7, 11) is 0. The molecule has 1 aliphatic heterocycles. The Labute approximate surface area is 146 Å². The molecule has 2 unspecified atom stereocenters. The number of nitrogens with zero attached hydrogens (tertiary/aromatic N) is 2. The Kier molecular flexibility index (Phi) is 5.60. The van der Waals surface area contributed by atoms with Crippen LogP contribution in [0.5, 0.6) is 0 Å². The lowest BCUT2D eigenvalue weighted by Gasteiger charge is -2.25. The predicted octanol–water partition coefficient (Wildman–Crippen LogP) is 3.19. The summed E-state index contributed by atoms with van der Waals surface area (Å²) in [5.41, 5.74) is 1.95. The van der Waals surface area contributed by atoms with Crippen molar-refractivity contribution in [3.05, 3.63) is 47.0 Å². The number of carbonyl (C=O) groups is 1. The van der Waals surface area contributed by atoms with Crippen molar-refractivity contribution >= 4 is 22.4 Å². The second-order valence-electron chi connectivity index (χ2n) is 6.25. The minimum Gasteiger partial charge on any atom is -0.388 e. The number of benzene rings is 1. The molecule has 3 rings (SSSR count). The Hall–Kier alpha value is -1.76. The zero-order valence-electron chi connectivity index (χ0n) is 13.8. The smallest absolute Gasteiger partial charge is 0.223 e. The van der Waals surface area contributed by atoms with Crippen molar-refractivity contribution in [2.45, 2.75) is 44.9 Å². The first-order valence-electron chi connectivity index (χ1n) is 8.31. The highest BCUT2D eigenvalue weighted by Gasteiger charge is 2.27. The monoisotopic (exact) mass is 345 g/mol. The van der Waals surface area contributed by atoms with E-state index in [1.54, 1.807) is 0 Å². The van der Waals surface area contributed by atoms with Gasteiger partial charge >= 0.3 is 0 Å². The van der Waals surface area contributed by atoms with Crippen molar-refractivity contribution in [2.24, 2.45) is 0 Å². The standard InChI is InChI=1S/C18H23N3O2S/c1-13(22)19-18-20-15(12-24-18)11-21-9-5-8-16(21)10-17(23)14-6-3-2-4-7-14/h2-4,6-7,12,16-17,23H,5,8-11H2,1H3,(H,19,20,22). The van der Waals surface area contributed by atoms with Crippen LogP contribution in [-0.2, 0) is 11.3 Å². The van der Waals surface area contributed by atoms with Crippen LogP contribution < -0.4 is 5.32 Å². The fraction of sp³-hybridized carbons (Fsp3) is 0.444. The van der Waals surface area contributed by atoms with Gasteiger partial charge < -0.3 is 10.4 Å². The van der Waals surface area contributed by atoms with Crippen LogP contribution in [0, 0.1) is 0 Å². The second-order valence-corrected chi connectivity index (χ2v) is 7.11. The van der Waals surface area contributed by atoms with E-state index in [0.29, 0.717) is 11.2 Å². The van der Waals surface area contributed by atoms with Gasteiger partial charge in [0.25, 0.3) is 0 Å². The molecule has 6 heteroatoms. The van der Waals surface area contributed by atoms with E-state index in [1.165, 1.54) is 18.3 Å². The molecule has 0 bridgehead atoms. The highest BCUT2D eigenvalue weighted by molar-refractivity contribution is 7.13. The normalized spacial score (nSPS) is 19.3. The van der Waals surface area contributed by atoms with E-state index in [9.17, 15) is 9.90 Å². The molecule has 5 nitrogen and oxygen atoms in total. The molecule has 1 amide bonds. The molecule has 0 radical (unpaired) electrons. The Morgan fingerprint density at radius 1 is 1.46 bits per heavy atom. The molecule has 1 aromatic carbocycles. The summed E-state index contributed by atoms with van der Waals surface area (Å²) < 4.78 is 0. The summed E-state index contributed by atoms with van der Waals surface area (Å²) in [6.45, 7) is 3.28. The SMILES string of the molecule is CC(=O)Nc1nc(CN2CCCC2CC(O)c2ccccc2)cs1. The lowest BCUT2D eigenvalue weighted by Crippen LogP contribution is -2.30. The van der Waals surface area contributed by atoms with E-state index in [0.717, 1.165) is 43.6 Å². The van der Waals surface area contributed by atoms with Crippen molar-refractivity contribution in [2.75, 3.05) is 11.9 Å². The number of amides is 1. The van der Waals surface area contributed by atoms with Gasteiger partial charge in [0.05, 0.1) is 11.8 Å². The first kappa shape index (κ1) is 17.1. The molecule has 1 saturated heterocycles. The number of aliphatic hydroxyl groups is 1. The maximum Gasteiger partial charge on any atom is 0.223 e. The average molecular weight is 345 g/mol. The molecular formula is C18H23N3O2S. The number of likely N-dealkylation sites (tertiary alicyclic amines) is 1. The third-order valence-corrected chi connectivity index (χ3v) is 5.19. The van der Waals surface area contributed by atoms with Gasteiger partial charge in [0, 0.05) is 24.9 Å². The van der Waals surface area contributed by atoms with Gasteiger partial charge in [-0.3, -0.25) is 9.69 Å². The topological polar surface area (TPSA) is 65.5 Å². The molecule has 0 aliphatic carbocycles. The fourth-order valence-corrected chi connectivity index (χ4v) is 3.98. The number of rotatable bonds is 6. The van der Waals surface area contributed by atoms with Crippen molar-refractivity contribution in [3.8, 4) is 0 Å². The highest BCUT2D eigenvalue weighted by Crippen LogP contribution is 2.29. The lowest BCUT2D eigenvalue weighted by atomic mass is 10.0. The third kappa shape index (κ3) is 4.41. The lowest BCUT2D eigenvalue weighted by molar-refractivity contribution is -0.114. The minimum atomic E-state index is -0.429. The van der Waals surface area contributed by atoms with Crippen molar-refractivity contribution in [1.82, 2.24) is 9.88 Å². The Balaban J connectivity index is 1.59. The number of aliphatic hydroxyl groups excluding tert-OH is 1. The molecule has 0 spiro atoms. The number of thiazole rings is 1. The number of anilines is 1. The predicted molar refractivity (Wildman–Crippen MR) is 95.9 cm³/mol. The van der Waals surface area contributed by atoms with Gasteiger partial charge in [-0.15, -0.1) is 11.3 Å². The van der Waals surface area contributed by atoms with Crippen LogP contribution in [0.15, 0.2) is 35.7 Å². The van der Waals surface area contributed by atoms with E-state index >= 15 is 0 Å². The molecule has 2 heterocycles. The summed E-state index contributed by atoms with van der Waals surface area (Å²) in [5.74, 6) is -0.0964. The number of hydrogen-bond acceptors (Lipinski definition) is 5. The van der Waals surface area contributed by atoms with E-state index in [2.05, 4.69) is 15.2 Å². The molecule has 128 valence electrons. The van der Waals surface area contributed by atoms with Crippen LogP contribution in [0.1, 0.15) is 43.5 Å². The van der Waals surface area contributed by atoms with Gasteiger partial charge in [-0.2, -0.15) is 0 Å². The zero-order valence-corrected chi connectivity index (χ0v) is 14.6. The molecule has 2 aromatic rings. The summed E-state index contributed by atoms with van der Waals surface area (Å²) in [6.07, 6.45) is 2.57. The second kappa shape index (κ2) is 7.88. The van der Waals surface area contributed by atoms with Crippen LogP contribution in [-0.4, -0.2) is 33.5 Å². The van der Waals surface area contributed by atoms with Gasteiger partial charge in [-0.1, -0.05) is 30.3 Å². The average Bonchev–Trinajstić information content (AvgIpc) is 3.18. The summed E-state index contributed by atoms with van der Waals surface area (Å²) >= 11 is 1.45. The van der Waals surface area contributed by atoms with E-state index in [-0.39, 0.29) is 5.91 Å². The van der Waals surface area contributed by atoms with Crippen molar-refractivity contribution in [1.29, 1.82) is 0 Å². The van der Waals surface area contributed by atoms with Crippen molar-refractivity contribution in [3.63, 3.8) is 0 Å².